The van der Waals surface area contributed by atoms with Crippen molar-refractivity contribution >= 4 is 47.4 Å². The van der Waals surface area contributed by atoms with Gasteiger partial charge in [0.2, 0.25) is 21.9 Å². The third-order valence-corrected chi connectivity index (χ3v) is 10.7. The summed E-state index contributed by atoms with van der Waals surface area (Å²) < 4.78 is 56.1. The molecule has 0 atom stereocenters. The molecule has 11 nitrogen and oxygen atoms in total. The highest BCUT2D eigenvalue weighted by Crippen LogP contribution is 2.39. The Morgan fingerprint density at radius 1 is 0.975 bits per heavy atom. The Kier molecular flexibility index (Phi) is 8.35. The number of sulfonamides is 1. The van der Waals surface area contributed by atoms with Gasteiger partial charge in [0.1, 0.15) is 0 Å². The molecule has 0 aliphatic carbocycles. The number of fused-ring (bicyclic) bond motifs is 1. The summed E-state index contributed by atoms with van der Waals surface area (Å²) in [6, 6.07) is 1.81. The maximum Gasteiger partial charge on any atom is 0.226 e. The largest absolute Gasteiger partial charge is 0.481 e. The van der Waals surface area contributed by atoms with Gasteiger partial charge in [-0.15, -0.1) is 11.3 Å². The number of methoxy groups -OCH3 is 1. The summed E-state index contributed by atoms with van der Waals surface area (Å²) in [5, 5.41) is 0. The lowest BCUT2D eigenvalue weighted by atomic mass is 10.1. The number of rotatable bonds is 8. The van der Waals surface area contributed by atoms with E-state index in [-0.39, 0.29) is 11.6 Å². The van der Waals surface area contributed by atoms with Crippen LogP contribution in [0.2, 0.25) is 0 Å². The molecular formula is C26H36N6O5S3. The van der Waals surface area contributed by atoms with Crippen LogP contribution >= 0.6 is 11.3 Å². The van der Waals surface area contributed by atoms with Gasteiger partial charge in [-0.2, -0.15) is 4.31 Å². The van der Waals surface area contributed by atoms with Gasteiger partial charge in [0.15, 0.2) is 9.84 Å². The minimum atomic E-state index is -3.31. The first-order valence-electron chi connectivity index (χ1n) is 13.4. The summed E-state index contributed by atoms with van der Waals surface area (Å²) in [6.45, 7) is 6.77. The fourth-order valence-electron chi connectivity index (χ4n) is 5.38. The lowest BCUT2D eigenvalue weighted by Crippen LogP contribution is -2.47. The number of ether oxygens (including phenoxy) is 1. The highest BCUT2D eigenvalue weighted by molar-refractivity contribution is 7.89. The van der Waals surface area contributed by atoms with Crippen LogP contribution in [0.4, 0.5) is 5.95 Å². The number of aryl methyl sites for hydroxylation is 1. The zero-order valence-electron chi connectivity index (χ0n) is 23.4. The Balaban J connectivity index is 1.58. The second kappa shape index (κ2) is 11.5. The molecule has 2 aliphatic heterocycles. The summed E-state index contributed by atoms with van der Waals surface area (Å²) in [7, 11) is -5.03. The molecule has 0 saturated carbocycles. The van der Waals surface area contributed by atoms with Crippen molar-refractivity contribution in [3.8, 4) is 17.1 Å². The smallest absolute Gasteiger partial charge is 0.226 e. The van der Waals surface area contributed by atoms with Crippen molar-refractivity contribution in [1.29, 1.82) is 0 Å². The lowest BCUT2D eigenvalue weighted by Gasteiger charge is -2.33. The normalized spacial score (nSPS) is 17.9. The number of hydrogen-bond donors (Lipinski definition) is 0. The van der Waals surface area contributed by atoms with E-state index in [1.807, 2.05) is 6.07 Å². The number of piperidine rings is 1. The fraction of sp³-hybridized carbons (Fsp3) is 0.577. The number of thiophene rings is 1. The maximum absolute atomic E-state index is 12.1. The molecule has 218 valence electrons. The summed E-state index contributed by atoms with van der Waals surface area (Å²) in [5.74, 6) is 0.772. The van der Waals surface area contributed by atoms with Gasteiger partial charge in [-0.05, 0) is 32.3 Å². The van der Waals surface area contributed by atoms with E-state index in [4.69, 9.17) is 14.7 Å². The Morgan fingerprint density at radius 2 is 1.68 bits per heavy atom. The highest BCUT2D eigenvalue weighted by Gasteiger charge is 2.27. The molecule has 0 unspecified atom stereocenters. The maximum atomic E-state index is 12.1. The molecule has 40 heavy (non-hydrogen) atoms. The number of sulfone groups is 1. The number of piperazine rings is 1. The van der Waals surface area contributed by atoms with Crippen molar-refractivity contribution in [2.24, 2.45) is 0 Å². The first-order valence-corrected chi connectivity index (χ1v) is 18.1. The van der Waals surface area contributed by atoms with Crippen molar-refractivity contribution < 1.29 is 21.6 Å². The molecule has 0 amide bonds. The summed E-state index contributed by atoms with van der Waals surface area (Å²) >= 11 is 1.62. The molecular weight excluding hydrogens is 573 g/mol. The lowest BCUT2D eigenvalue weighted by molar-refractivity contribution is 0.182. The number of pyridine rings is 1. The van der Waals surface area contributed by atoms with Crippen LogP contribution in [0.15, 0.2) is 12.3 Å². The third kappa shape index (κ3) is 6.40. The van der Waals surface area contributed by atoms with Gasteiger partial charge >= 0.3 is 0 Å². The number of aromatic nitrogens is 3. The molecule has 2 saturated heterocycles. The van der Waals surface area contributed by atoms with Gasteiger partial charge in [0, 0.05) is 79.8 Å². The SMILES string of the molecule is COc1ncc(-c2nc(N3CCCCC3)nc3c(CN4CCN(S(C)(=O)=O)CC4)c(C)sc23)cc1CS(C)(=O)=O. The molecule has 3 aromatic rings. The second-order valence-electron chi connectivity index (χ2n) is 10.6. The Labute approximate surface area is 240 Å². The quantitative estimate of drug-likeness (QED) is 0.377. The van der Waals surface area contributed by atoms with Crippen LogP contribution in [0.1, 0.15) is 35.3 Å². The van der Waals surface area contributed by atoms with Crippen LogP contribution in [-0.4, -0.2) is 99.9 Å². The average molecular weight is 609 g/mol. The van der Waals surface area contributed by atoms with Gasteiger partial charge < -0.3 is 9.64 Å². The third-order valence-electron chi connectivity index (χ3n) is 7.45. The van der Waals surface area contributed by atoms with Crippen molar-refractivity contribution in [2.75, 3.05) is 63.8 Å². The molecule has 0 aromatic carbocycles. The standard InChI is InChI=1S/C26H36N6O5S3/c1-18-21(16-30-10-12-32(13-11-30)40(4,35)36)23-24(38-18)22(28-26(29-23)31-8-6-5-7-9-31)19-14-20(17-39(3,33)34)25(37-2)27-15-19/h14-15H,5-13,16-17H2,1-4H3. The summed E-state index contributed by atoms with van der Waals surface area (Å²) in [5.41, 5.74) is 3.95. The second-order valence-corrected chi connectivity index (χ2v) is 16.0. The molecule has 2 fully saturated rings. The molecule has 0 spiro atoms. The van der Waals surface area contributed by atoms with E-state index in [0.29, 0.717) is 44.2 Å². The van der Waals surface area contributed by atoms with Gasteiger partial charge in [0.25, 0.3) is 0 Å². The predicted molar refractivity (Wildman–Crippen MR) is 158 cm³/mol. The molecule has 5 heterocycles. The molecule has 5 rings (SSSR count). The molecule has 0 radical (unpaired) electrons. The number of anilines is 1. The van der Waals surface area contributed by atoms with Crippen LogP contribution in [0.3, 0.4) is 0 Å². The highest BCUT2D eigenvalue weighted by atomic mass is 32.2. The van der Waals surface area contributed by atoms with Crippen molar-refractivity contribution in [3.05, 3.63) is 28.3 Å². The zero-order valence-corrected chi connectivity index (χ0v) is 25.8. The van der Waals surface area contributed by atoms with Crippen molar-refractivity contribution in [1.82, 2.24) is 24.2 Å². The topological polar surface area (TPSA) is 126 Å². The van der Waals surface area contributed by atoms with E-state index in [9.17, 15) is 16.8 Å². The molecule has 2 aliphatic rings. The van der Waals surface area contributed by atoms with Gasteiger partial charge in [-0.3, -0.25) is 4.90 Å². The zero-order chi connectivity index (χ0) is 28.7. The minimum absolute atomic E-state index is 0.182. The van der Waals surface area contributed by atoms with Gasteiger partial charge in [-0.1, -0.05) is 0 Å². The van der Waals surface area contributed by atoms with Gasteiger partial charge in [-0.25, -0.2) is 31.8 Å². The number of nitrogens with zero attached hydrogens (tertiary/aromatic N) is 6. The van der Waals surface area contributed by atoms with Crippen molar-refractivity contribution in [3.63, 3.8) is 0 Å². The molecule has 3 aromatic heterocycles. The van der Waals surface area contributed by atoms with E-state index < -0.39 is 19.9 Å². The van der Waals surface area contributed by atoms with E-state index in [2.05, 4.69) is 21.7 Å². The average Bonchev–Trinajstić information content (AvgIpc) is 3.22. The molecule has 0 N–H and O–H groups in total. The van der Waals surface area contributed by atoms with E-state index in [0.717, 1.165) is 57.8 Å². The first kappa shape index (κ1) is 29.1. The molecule has 14 heteroatoms. The Hall–Kier alpha value is -2.39. The Morgan fingerprint density at radius 3 is 2.30 bits per heavy atom. The van der Waals surface area contributed by atoms with Crippen molar-refractivity contribution in [2.45, 2.75) is 38.5 Å². The summed E-state index contributed by atoms with van der Waals surface area (Å²) in [6.07, 6.45) is 7.49. The van der Waals surface area contributed by atoms with Crippen LogP contribution in [0.25, 0.3) is 21.5 Å². The predicted octanol–water partition coefficient (Wildman–Crippen LogP) is 2.68. The first-order chi connectivity index (χ1) is 18.9. The number of hydrogen-bond acceptors (Lipinski definition) is 11. The van der Waals surface area contributed by atoms with Crippen LogP contribution in [0, 0.1) is 6.92 Å². The summed E-state index contributed by atoms with van der Waals surface area (Å²) in [4.78, 5) is 20.2. The fourth-order valence-corrected chi connectivity index (χ4v) is 8.09. The monoisotopic (exact) mass is 608 g/mol. The van der Waals surface area contributed by atoms with E-state index in [1.165, 1.54) is 30.3 Å². The van der Waals surface area contributed by atoms with Crippen LogP contribution < -0.4 is 9.64 Å². The minimum Gasteiger partial charge on any atom is -0.481 e. The Bertz CT molecular complexity index is 1610. The van der Waals surface area contributed by atoms with Gasteiger partial charge in [0.05, 0.1) is 35.0 Å². The molecule has 0 bridgehead atoms. The van der Waals surface area contributed by atoms with E-state index in [1.54, 1.807) is 17.5 Å². The van der Waals surface area contributed by atoms with Crippen LogP contribution in [0.5, 0.6) is 5.88 Å². The van der Waals surface area contributed by atoms with E-state index >= 15 is 0 Å². The van der Waals surface area contributed by atoms with Crippen LogP contribution in [-0.2, 0) is 32.2 Å².